The quantitative estimate of drug-likeness (QED) is 0.615. The predicted octanol–water partition coefficient (Wildman–Crippen LogP) is 4.74. The summed E-state index contributed by atoms with van der Waals surface area (Å²) in [6, 6.07) is 13.0. The van der Waals surface area contributed by atoms with E-state index in [2.05, 4.69) is 15.9 Å². The van der Waals surface area contributed by atoms with E-state index < -0.39 is 0 Å². The summed E-state index contributed by atoms with van der Waals surface area (Å²) in [5, 5.41) is 0.569. The van der Waals surface area contributed by atoms with Gasteiger partial charge in [-0.1, -0.05) is 17.7 Å². The number of nitrogens with zero attached hydrogens (tertiary/aromatic N) is 2. The van der Waals surface area contributed by atoms with Gasteiger partial charge in [0.05, 0.1) is 17.5 Å². The molecule has 152 valence electrons. The van der Waals surface area contributed by atoms with E-state index in [9.17, 15) is 9.59 Å². The standard InChI is InChI=1S/C21H20BrClN2O3S/c1-28-18-7-2-13(10-17(18)22)21-24(8-9-29-21)20(27)14-11-19(26)25(12-14)16-5-3-15(23)4-6-16/h2-7,10,14,21H,8-9,11-12H2,1H3. The number of anilines is 1. The molecular formula is C21H20BrClN2O3S. The monoisotopic (exact) mass is 494 g/mol. The summed E-state index contributed by atoms with van der Waals surface area (Å²) in [4.78, 5) is 29.4. The topological polar surface area (TPSA) is 49.9 Å². The minimum atomic E-state index is -0.332. The molecule has 2 aromatic carbocycles. The van der Waals surface area contributed by atoms with E-state index in [0.717, 1.165) is 27.2 Å². The molecule has 2 amide bonds. The summed E-state index contributed by atoms with van der Waals surface area (Å²) in [7, 11) is 1.63. The summed E-state index contributed by atoms with van der Waals surface area (Å²) in [6.45, 7) is 1.09. The van der Waals surface area contributed by atoms with Gasteiger partial charge in [-0.2, -0.15) is 0 Å². The fraction of sp³-hybridized carbons (Fsp3) is 0.333. The minimum absolute atomic E-state index is 0.0266. The summed E-state index contributed by atoms with van der Waals surface area (Å²) < 4.78 is 6.17. The number of hydrogen-bond acceptors (Lipinski definition) is 4. The normalized spacial score (nSPS) is 21.7. The molecule has 5 nitrogen and oxygen atoms in total. The molecule has 0 saturated carbocycles. The van der Waals surface area contributed by atoms with Crippen molar-refractivity contribution in [2.75, 3.05) is 30.9 Å². The van der Waals surface area contributed by atoms with E-state index in [0.29, 0.717) is 18.1 Å². The van der Waals surface area contributed by atoms with Crippen molar-refractivity contribution in [3.8, 4) is 5.75 Å². The first-order valence-corrected chi connectivity index (χ1v) is 11.5. The predicted molar refractivity (Wildman–Crippen MR) is 120 cm³/mol. The number of carbonyl (C=O) groups is 2. The lowest BCUT2D eigenvalue weighted by Gasteiger charge is -2.27. The third-order valence-electron chi connectivity index (χ3n) is 5.25. The Bertz CT molecular complexity index is 940. The van der Waals surface area contributed by atoms with Crippen molar-refractivity contribution in [1.82, 2.24) is 4.90 Å². The second-order valence-electron chi connectivity index (χ2n) is 7.03. The van der Waals surface area contributed by atoms with Gasteiger partial charge < -0.3 is 14.5 Å². The van der Waals surface area contributed by atoms with E-state index in [-0.39, 0.29) is 29.5 Å². The molecule has 2 aliphatic rings. The Morgan fingerprint density at radius 2 is 2.00 bits per heavy atom. The van der Waals surface area contributed by atoms with Crippen LogP contribution < -0.4 is 9.64 Å². The number of methoxy groups -OCH3 is 1. The summed E-state index contributed by atoms with van der Waals surface area (Å²) in [5.74, 6) is 1.32. The van der Waals surface area contributed by atoms with E-state index in [1.807, 2.05) is 35.2 Å². The van der Waals surface area contributed by atoms with Crippen molar-refractivity contribution in [2.24, 2.45) is 5.92 Å². The molecule has 2 heterocycles. The first kappa shape index (κ1) is 20.6. The van der Waals surface area contributed by atoms with Crippen LogP contribution in [0.4, 0.5) is 5.69 Å². The number of halogens is 2. The van der Waals surface area contributed by atoms with Gasteiger partial charge in [-0.05, 0) is 57.9 Å². The van der Waals surface area contributed by atoms with Crippen molar-refractivity contribution in [3.05, 3.63) is 57.5 Å². The summed E-state index contributed by atoms with van der Waals surface area (Å²) >= 11 is 11.2. The minimum Gasteiger partial charge on any atom is -0.496 e. The molecule has 29 heavy (non-hydrogen) atoms. The number of amides is 2. The highest BCUT2D eigenvalue weighted by Gasteiger charge is 2.41. The fourth-order valence-electron chi connectivity index (χ4n) is 3.79. The molecule has 2 fully saturated rings. The number of rotatable bonds is 4. The van der Waals surface area contributed by atoms with Crippen LogP contribution in [-0.4, -0.2) is 42.7 Å². The average Bonchev–Trinajstić information content (AvgIpc) is 3.35. The Balaban J connectivity index is 1.50. The zero-order valence-corrected chi connectivity index (χ0v) is 19.0. The molecule has 0 radical (unpaired) electrons. The van der Waals surface area contributed by atoms with Gasteiger partial charge in [0.15, 0.2) is 0 Å². The van der Waals surface area contributed by atoms with Gasteiger partial charge in [-0.15, -0.1) is 11.8 Å². The third-order valence-corrected chi connectivity index (χ3v) is 7.38. The third kappa shape index (κ3) is 4.13. The summed E-state index contributed by atoms with van der Waals surface area (Å²) in [6.07, 6.45) is 0.238. The van der Waals surface area contributed by atoms with Crippen LogP contribution in [0.15, 0.2) is 46.9 Å². The lowest BCUT2D eigenvalue weighted by Crippen LogP contribution is -2.37. The van der Waals surface area contributed by atoms with E-state index in [1.165, 1.54) is 0 Å². The Morgan fingerprint density at radius 1 is 1.24 bits per heavy atom. The largest absolute Gasteiger partial charge is 0.496 e. The second kappa shape index (κ2) is 8.58. The Morgan fingerprint density at radius 3 is 2.69 bits per heavy atom. The fourth-order valence-corrected chi connectivity index (χ4v) is 5.72. The van der Waals surface area contributed by atoms with Gasteiger partial charge in [0.25, 0.3) is 0 Å². The highest BCUT2D eigenvalue weighted by Crippen LogP contribution is 2.42. The van der Waals surface area contributed by atoms with Gasteiger partial charge in [0, 0.05) is 36.0 Å². The zero-order chi connectivity index (χ0) is 20.5. The van der Waals surface area contributed by atoms with Crippen molar-refractivity contribution in [1.29, 1.82) is 0 Å². The van der Waals surface area contributed by atoms with Gasteiger partial charge in [-0.3, -0.25) is 9.59 Å². The maximum Gasteiger partial charge on any atom is 0.229 e. The van der Waals surface area contributed by atoms with Crippen LogP contribution in [0, 0.1) is 5.92 Å². The van der Waals surface area contributed by atoms with Gasteiger partial charge in [-0.25, -0.2) is 0 Å². The summed E-state index contributed by atoms with van der Waals surface area (Å²) in [5.41, 5.74) is 1.83. The smallest absolute Gasteiger partial charge is 0.229 e. The highest BCUT2D eigenvalue weighted by molar-refractivity contribution is 9.10. The lowest BCUT2D eigenvalue weighted by atomic mass is 10.1. The maximum atomic E-state index is 13.3. The molecule has 0 aliphatic carbocycles. The molecule has 2 unspecified atom stereocenters. The van der Waals surface area contributed by atoms with E-state index >= 15 is 0 Å². The SMILES string of the molecule is COc1ccc(C2SCCN2C(=O)C2CC(=O)N(c3ccc(Cl)cc3)C2)cc1Br. The molecule has 0 bridgehead atoms. The van der Waals surface area contributed by atoms with Gasteiger partial charge in [0.2, 0.25) is 11.8 Å². The van der Waals surface area contributed by atoms with Crippen LogP contribution in [0.2, 0.25) is 5.02 Å². The molecular weight excluding hydrogens is 476 g/mol. The second-order valence-corrected chi connectivity index (χ2v) is 9.51. The Labute approximate surface area is 187 Å². The first-order valence-electron chi connectivity index (χ1n) is 9.29. The van der Waals surface area contributed by atoms with Crippen LogP contribution in [0.1, 0.15) is 17.4 Å². The van der Waals surface area contributed by atoms with Crippen LogP contribution in [-0.2, 0) is 9.59 Å². The molecule has 8 heteroatoms. The molecule has 0 aromatic heterocycles. The van der Waals surface area contributed by atoms with Crippen molar-refractivity contribution in [3.63, 3.8) is 0 Å². The number of carbonyl (C=O) groups excluding carboxylic acids is 2. The molecule has 4 rings (SSSR count). The first-order chi connectivity index (χ1) is 14.0. The van der Waals surface area contributed by atoms with Crippen molar-refractivity contribution < 1.29 is 14.3 Å². The number of hydrogen-bond donors (Lipinski definition) is 0. The molecule has 0 spiro atoms. The van der Waals surface area contributed by atoms with Crippen LogP contribution in [0.3, 0.4) is 0 Å². The number of thioether (sulfide) groups is 1. The highest BCUT2D eigenvalue weighted by atomic mass is 79.9. The molecule has 2 aliphatic heterocycles. The van der Waals surface area contributed by atoms with Gasteiger partial charge in [0.1, 0.15) is 11.1 Å². The van der Waals surface area contributed by atoms with Crippen LogP contribution in [0.25, 0.3) is 0 Å². The van der Waals surface area contributed by atoms with Crippen LogP contribution >= 0.6 is 39.3 Å². The number of benzene rings is 2. The Kier molecular flexibility index (Phi) is 6.08. The zero-order valence-electron chi connectivity index (χ0n) is 15.8. The van der Waals surface area contributed by atoms with Crippen molar-refractivity contribution >= 4 is 56.8 Å². The van der Waals surface area contributed by atoms with E-state index in [1.54, 1.807) is 35.9 Å². The number of ether oxygens (including phenoxy) is 1. The molecule has 2 aromatic rings. The average molecular weight is 496 g/mol. The van der Waals surface area contributed by atoms with Crippen LogP contribution in [0.5, 0.6) is 5.75 Å². The molecule has 0 N–H and O–H groups in total. The molecule has 2 atom stereocenters. The van der Waals surface area contributed by atoms with Crippen molar-refractivity contribution in [2.45, 2.75) is 11.8 Å². The van der Waals surface area contributed by atoms with E-state index in [4.69, 9.17) is 16.3 Å². The molecule has 2 saturated heterocycles. The van der Waals surface area contributed by atoms with Gasteiger partial charge >= 0.3 is 0 Å². The maximum absolute atomic E-state index is 13.3. The lowest BCUT2D eigenvalue weighted by molar-refractivity contribution is -0.136. The Hall–Kier alpha value is -1.70.